The van der Waals surface area contributed by atoms with Crippen molar-refractivity contribution in [2.45, 2.75) is 13.3 Å². The van der Waals surface area contributed by atoms with Crippen LogP contribution in [0, 0.1) is 6.92 Å². The van der Waals surface area contributed by atoms with Crippen LogP contribution in [-0.2, 0) is 11.2 Å². The van der Waals surface area contributed by atoms with Crippen LogP contribution in [0.3, 0.4) is 0 Å². The number of para-hydroxylation sites is 1. The van der Waals surface area contributed by atoms with Crippen molar-refractivity contribution in [3.05, 3.63) is 58.2 Å². The Kier molecular flexibility index (Phi) is 3.75. The van der Waals surface area contributed by atoms with Crippen molar-refractivity contribution >= 4 is 38.5 Å². The molecule has 3 aromatic rings. The van der Waals surface area contributed by atoms with Crippen molar-refractivity contribution in [2.24, 2.45) is 0 Å². The third-order valence-electron chi connectivity index (χ3n) is 3.25. The lowest BCUT2D eigenvalue weighted by Gasteiger charge is -2.08. The Morgan fingerprint density at radius 1 is 1.24 bits per heavy atom. The highest BCUT2D eigenvalue weighted by molar-refractivity contribution is 9.10. The normalized spacial score (nSPS) is 10.8. The summed E-state index contributed by atoms with van der Waals surface area (Å²) >= 11 is 3.48. The Morgan fingerprint density at radius 2 is 2.05 bits per heavy atom. The van der Waals surface area contributed by atoms with E-state index in [0.717, 1.165) is 21.1 Å². The number of hydrogen-bond acceptors (Lipinski definition) is 3. The van der Waals surface area contributed by atoms with E-state index in [2.05, 4.69) is 26.4 Å². The van der Waals surface area contributed by atoms with E-state index in [-0.39, 0.29) is 12.3 Å². The van der Waals surface area contributed by atoms with Crippen LogP contribution < -0.4 is 5.32 Å². The molecule has 1 heterocycles. The van der Waals surface area contributed by atoms with Gasteiger partial charge in [0.15, 0.2) is 5.58 Å². The number of nitrogens with one attached hydrogen (secondary N) is 1. The minimum Gasteiger partial charge on any atom is -0.356 e. The number of halogens is 1. The molecular weight excluding hydrogens is 332 g/mol. The van der Waals surface area contributed by atoms with Gasteiger partial charge in [-0.1, -0.05) is 29.4 Å². The highest BCUT2D eigenvalue weighted by Crippen LogP contribution is 2.26. The molecule has 3 rings (SSSR count). The van der Waals surface area contributed by atoms with E-state index in [4.69, 9.17) is 4.52 Å². The van der Waals surface area contributed by atoms with Gasteiger partial charge in [-0.3, -0.25) is 4.79 Å². The van der Waals surface area contributed by atoms with Gasteiger partial charge in [-0.2, -0.15) is 0 Å². The molecule has 0 unspecified atom stereocenters. The first-order valence-electron chi connectivity index (χ1n) is 6.53. The zero-order valence-corrected chi connectivity index (χ0v) is 13.0. The fraction of sp³-hybridized carbons (Fsp3) is 0.125. The van der Waals surface area contributed by atoms with Gasteiger partial charge in [-0.05, 0) is 46.6 Å². The summed E-state index contributed by atoms with van der Waals surface area (Å²) in [5.74, 6) is -0.125. The zero-order valence-electron chi connectivity index (χ0n) is 11.4. The molecule has 0 saturated heterocycles. The lowest BCUT2D eigenvalue weighted by atomic mass is 10.1. The van der Waals surface area contributed by atoms with Gasteiger partial charge in [0, 0.05) is 9.86 Å². The van der Waals surface area contributed by atoms with Crippen molar-refractivity contribution in [2.75, 3.05) is 5.32 Å². The number of anilines is 1. The van der Waals surface area contributed by atoms with Crippen molar-refractivity contribution in [1.82, 2.24) is 5.16 Å². The topological polar surface area (TPSA) is 55.1 Å². The fourth-order valence-corrected chi connectivity index (χ4v) is 2.52. The second-order valence-electron chi connectivity index (χ2n) is 4.79. The first-order chi connectivity index (χ1) is 10.1. The van der Waals surface area contributed by atoms with Crippen LogP contribution in [0.1, 0.15) is 11.3 Å². The first kappa shape index (κ1) is 13.8. The summed E-state index contributed by atoms with van der Waals surface area (Å²) < 4.78 is 6.10. The number of aryl methyl sites for hydroxylation is 1. The summed E-state index contributed by atoms with van der Waals surface area (Å²) in [4.78, 5) is 12.2. The Hall–Kier alpha value is -2.14. The highest BCUT2D eigenvalue weighted by atomic mass is 79.9. The van der Waals surface area contributed by atoms with Gasteiger partial charge in [0.25, 0.3) is 0 Å². The number of nitrogens with zero attached hydrogens (tertiary/aromatic N) is 1. The molecule has 0 radical (unpaired) electrons. The molecule has 0 aliphatic carbocycles. The van der Waals surface area contributed by atoms with Crippen LogP contribution in [0.4, 0.5) is 5.69 Å². The number of aromatic nitrogens is 1. The minimum atomic E-state index is -0.125. The molecule has 0 fully saturated rings. The van der Waals surface area contributed by atoms with Crippen LogP contribution in [0.5, 0.6) is 0 Å². The third-order valence-corrected chi connectivity index (χ3v) is 4.30. The molecule has 2 aromatic carbocycles. The van der Waals surface area contributed by atoms with Crippen molar-refractivity contribution in [1.29, 1.82) is 0 Å². The molecule has 21 heavy (non-hydrogen) atoms. The summed E-state index contributed by atoms with van der Waals surface area (Å²) in [7, 11) is 0. The number of carbonyl (C=O) groups is 1. The van der Waals surface area contributed by atoms with Gasteiger partial charge in [-0.25, -0.2) is 0 Å². The van der Waals surface area contributed by atoms with E-state index in [1.54, 1.807) is 0 Å². The van der Waals surface area contributed by atoms with Crippen molar-refractivity contribution < 1.29 is 9.32 Å². The number of carbonyl (C=O) groups excluding carboxylic acids is 1. The van der Waals surface area contributed by atoms with Crippen LogP contribution in [0.2, 0.25) is 0 Å². The average molecular weight is 345 g/mol. The maximum Gasteiger partial charge on any atom is 0.230 e. The van der Waals surface area contributed by atoms with E-state index in [9.17, 15) is 4.79 Å². The standard InChI is InChI=1S/C16H13BrN2O2/c1-10-5-4-7-12(16(10)17)18-15(20)9-13-11-6-2-3-8-14(11)21-19-13/h2-8H,9H2,1H3,(H,18,20). The van der Waals surface area contributed by atoms with Gasteiger partial charge in [0.1, 0.15) is 5.69 Å². The Balaban J connectivity index is 1.79. The van der Waals surface area contributed by atoms with Crippen LogP contribution in [-0.4, -0.2) is 11.1 Å². The summed E-state index contributed by atoms with van der Waals surface area (Å²) in [6.45, 7) is 1.98. The number of rotatable bonds is 3. The number of amides is 1. The average Bonchev–Trinajstić information content (AvgIpc) is 2.87. The smallest absolute Gasteiger partial charge is 0.230 e. The largest absolute Gasteiger partial charge is 0.356 e. The Bertz CT molecular complexity index is 811. The van der Waals surface area contributed by atoms with E-state index >= 15 is 0 Å². The fourth-order valence-electron chi connectivity index (χ4n) is 2.16. The lowest BCUT2D eigenvalue weighted by molar-refractivity contribution is -0.115. The van der Waals surface area contributed by atoms with Gasteiger partial charge < -0.3 is 9.84 Å². The molecule has 1 N–H and O–H groups in total. The number of fused-ring (bicyclic) bond motifs is 1. The maximum atomic E-state index is 12.2. The Labute approximate surface area is 130 Å². The highest BCUT2D eigenvalue weighted by Gasteiger charge is 2.13. The summed E-state index contributed by atoms with van der Waals surface area (Å²) in [6.07, 6.45) is 0.178. The van der Waals surface area contributed by atoms with Crippen molar-refractivity contribution in [3.63, 3.8) is 0 Å². The number of benzene rings is 2. The summed E-state index contributed by atoms with van der Waals surface area (Å²) in [5.41, 5.74) is 3.16. The second-order valence-corrected chi connectivity index (χ2v) is 5.58. The van der Waals surface area contributed by atoms with Gasteiger partial charge in [0.2, 0.25) is 5.91 Å². The van der Waals surface area contributed by atoms with Gasteiger partial charge >= 0.3 is 0 Å². The van der Waals surface area contributed by atoms with Gasteiger partial charge in [-0.15, -0.1) is 0 Å². The molecule has 0 saturated carbocycles. The van der Waals surface area contributed by atoms with E-state index in [1.807, 2.05) is 49.4 Å². The molecule has 0 atom stereocenters. The molecule has 0 bridgehead atoms. The predicted octanol–water partition coefficient (Wildman–Crippen LogP) is 4.08. The molecule has 4 nitrogen and oxygen atoms in total. The minimum absolute atomic E-state index is 0.125. The molecule has 1 amide bonds. The van der Waals surface area contributed by atoms with Crippen molar-refractivity contribution in [3.8, 4) is 0 Å². The summed E-state index contributed by atoms with van der Waals surface area (Å²) in [5, 5.41) is 7.73. The molecule has 0 spiro atoms. The first-order valence-corrected chi connectivity index (χ1v) is 7.32. The summed E-state index contributed by atoms with van der Waals surface area (Å²) in [6, 6.07) is 13.2. The monoisotopic (exact) mass is 344 g/mol. The number of hydrogen-bond donors (Lipinski definition) is 1. The van der Waals surface area contributed by atoms with E-state index < -0.39 is 0 Å². The SMILES string of the molecule is Cc1cccc(NC(=O)Cc2noc3ccccc23)c1Br. The van der Waals surface area contributed by atoms with Gasteiger partial charge in [0.05, 0.1) is 12.1 Å². The Morgan fingerprint density at radius 3 is 2.90 bits per heavy atom. The second kappa shape index (κ2) is 5.69. The molecular formula is C16H13BrN2O2. The molecule has 1 aromatic heterocycles. The predicted molar refractivity (Wildman–Crippen MR) is 85.2 cm³/mol. The maximum absolute atomic E-state index is 12.2. The molecule has 0 aliphatic heterocycles. The molecule has 106 valence electrons. The third kappa shape index (κ3) is 2.83. The lowest BCUT2D eigenvalue weighted by Crippen LogP contribution is -2.15. The zero-order chi connectivity index (χ0) is 14.8. The quantitative estimate of drug-likeness (QED) is 0.778. The van der Waals surface area contributed by atoms with E-state index in [1.165, 1.54) is 0 Å². The van der Waals surface area contributed by atoms with Crippen LogP contribution >= 0.6 is 15.9 Å². The molecule has 5 heteroatoms. The van der Waals surface area contributed by atoms with Crippen LogP contribution in [0.25, 0.3) is 11.0 Å². The van der Waals surface area contributed by atoms with Crippen LogP contribution in [0.15, 0.2) is 51.5 Å². The molecule has 0 aliphatic rings. The van der Waals surface area contributed by atoms with E-state index in [0.29, 0.717) is 11.3 Å².